The predicted molar refractivity (Wildman–Crippen MR) is 67.0 cm³/mol. The molecule has 96 valence electrons. The highest BCUT2D eigenvalue weighted by Gasteiger charge is 2.28. The molecule has 0 aliphatic carbocycles. The Hall–Kier alpha value is -2.56. The fourth-order valence-corrected chi connectivity index (χ4v) is 2.25. The van der Waals surface area contributed by atoms with Gasteiger partial charge in [0.1, 0.15) is 0 Å². The average Bonchev–Trinajstić information content (AvgIpc) is 2.98. The summed E-state index contributed by atoms with van der Waals surface area (Å²) in [5, 5.41) is 8.94. The van der Waals surface area contributed by atoms with Gasteiger partial charge in [0.2, 0.25) is 5.91 Å². The maximum absolute atomic E-state index is 12.0. The zero-order valence-corrected chi connectivity index (χ0v) is 10.00. The number of hydrogen-bond acceptors (Lipinski definition) is 3. The van der Waals surface area contributed by atoms with Crippen molar-refractivity contribution in [2.75, 3.05) is 4.90 Å². The Morgan fingerprint density at radius 2 is 2.21 bits per heavy atom. The second-order valence-corrected chi connectivity index (χ2v) is 4.44. The van der Waals surface area contributed by atoms with E-state index in [1.807, 2.05) is 0 Å². The molecule has 3 rings (SSSR count). The van der Waals surface area contributed by atoms with Crippen molar-refractivity contribution in [3.8, 4) is 0 Å². The number of rotatable bonds is 3. The maximum atomic E-state index is 12.0. The molecule has 0 bridgehead atoms. The van der Waals surface area contributed by atoms with Gasteiger partial charge in [-0.1, -0.05) is 0 Å². The molecule has 0 fully saturated rings. The zero-order chi connectivity index (χ0) is 13.4. The van der Waals surface area contributed by atoms with Crippen molar-refractivity contribution in [2.45, 2.75) is 13.0 Å². The van der Waals surface area contributed by atoms with Crippen LogP contribution in [0.5, 0.6) is 0 Å². The first-order chi connectivity index (χ1) is 9.15. The van der Waals surface area contributed by atoms with E-state index in [0.29, 0.717) is 6.54 Å². The molecular formula is C14H11NO4. The van der Waals surface area contributed by atoms with Crippen LogP contribution in [-0.4, -0.2) is 17.0 Å². The molecule has 2 aromatic rings. The first-order valence-electron chi connectivity index (χ1n) is 5.83. The van der Waals surface area contributed by atoms with Crippen LogP contribution >= 0.6 is 0 Å². The fourth-order valence-electron chi connectivity index (χ4n) is 2.25. The summed E-state index contributed by atoms with van der Waals surface area (Å²) in [6, 6.07) is 6.56. The van der Waals surface area contributed by atoms with Gasteiger partial charge in [0, 0.05) is 11.3 Å². The molecule has 19 heavy (non-hydrogen) atoms. The predicted octanol–water partition coefficient (Wildman–Crippen LogP) is 2.07. The van der Waals surface area contributed by atoms with E-state index in [-0.39, 0.29) is 17.9 Å². The van der Waals surface area contributed by atoms with Crippen LogP contribution in [0.15, 0.2) is 41.2 Å². The summed E-state index contributed by atoms with van der Waals surface area (Å²) in [5.41, 5.74) is 2.64. The van der Waals surface area contributed by atoms with E-state index in [9.17, 15) is 9.59 Å². The summed E-state index contributed by atoms with van der Waals surface area (Å²) in [6.07, 6.45) is 3.40. The molecule has 5 nitrogen and oxygen atoms in total. The number of furan rings is 1. The second kappa shape index (κ2) is 4.28. The quantitative estimate of drug-likeness (QED) is 0.913. The zero-order valence-electron chi connectivity index (χ0n) is 10.00. The van der Waals surface area contributed by atoms with Gasteiger partial charge in [-0.15, -0.1) is 0 Å². The van der Waals surface area contributed by atoms with E-state index in [1.165, 1.54) is 6.07 Å². The molecule has 1 N–H and O–H groups in total. The van der Waals surface area contributed by atoms with Crippen molar-refractivity contribution < 1.29 is 19.1 Å². The van der Waals surface area contributed by atoms with Gasteiger partial charge in [0.25, 0.3) is 0 Å². The van der Waals surface area contributed by atoms with E-state index in [2.05, 4.69) is 0 Å². The third kappa shape index (κ3) is 1.99. The van der Waals surface area contributed by atoms with Gasteiger partial charge in [-0.05, 0) is 29.8 Å². The third-order valence-electron chi connectivity index (χ3n) is 3.18. The average molecular weight is 257 g/mol. The first-order valence-corrected chi connectivity index (χ1v) is 5.83. The topological polar surface area (TPSA) is 70.8 Å². The number of benzene rings is 1. The van der Waals surface area contributed by atoms with Crippen LogP contribution in [0.4, 0.5) is 5.69 Å². The number of carboxylic acids is 1. The van der Waals surface area contributed by atoms with E-state index in [1.54, 1.807) is 35.6 Å². The number of nitrogens with zero attached hydrogens (tertiary/aromatic N) is 1. The van der Waals surface area contributed by atoms with Gasteiger partial charge in [0.15, 0.2) is 0 Å². The molecule has 0 spiro atoms. The standard InChI is InChI=1S/C14H11NO4/c16-13-6-11-5-10(14(17)18)1-2-12(11)15(13)7-9-3-4-19-8-9/h1-5,8H,6-7H2,(H,17,18). The molecule has 0 radical (unpaired) electrons. The van der Waals surface area contributed by atoms with E-state index >= 15 is 0 Å². The van der Waals surface area contributed by atoms with Crippen LogP contribution in [0.25, 0.3) is 0 Å². The second-order valence-electron chi connectivity index (χ2n) is 4.44. The molecule has 5 heteroatoms. The Labute approximate surface area is 109 Å². The highest BCUT2D eigenvalue weighted by Crippen LogP contribution is 2.31. The lowest BCUT2D eigenvalue weighted by Crippen LogP contribution is -2.25. The normalized spacial score (nSPS) is 13.7. The Morgan fingerprint density at radius 3 is 2.89 bits per heavy atom. The third-order valence-corrected chi connectivity index (χ3v) is 3.18. The van der Waals surface area contributed by atoms with Crippen molar-refractivity contribution in [1.82, 2.24) is 0 Å². The Kier molecular flexibility index (Phi) is 2.59. The number of hydrogen-bond donors (Lipinski definition) is 1. The largest absolute Gasteiger partial charge is 0.478 e. The molecule has 0 saturated carbocycles. The Bertz CT molecular complexity index is 645. The fraction of sp³-hybridized carbons (Fsp3) is 0.143. The summed E-state index contributed by atoms with van der Waals surface area (Å²) in [5.74, 6) is -1.01. The minimum Gasteiger partial charge on any atom is -0.478 e. The molecule has 1 aliphatic heterocycles. The summed E-state index contributed by atoms with van der Waals surface area (Å²) >= 11 is 0. The highest BCUT2D eigenvalue weighted by atomic mass is 16.4. The lowest BCUT2D eigenvalue weighted by atomic mass is 10.1. The van der Waals surface area contributed by atoms with Crippen LogP contribution < -0.4 is 4.90 Å². The monoisotopic (exact) mass is 257 g/mol. The molecule has 1 amide bonds. The molecular weight excluding hydrogens is 246 g/mol. The van der Waals surface area contributed by atoms with Gasteiger partial charge in [-0.25, -0.2) is 4.79 Å². The number of carboxylic acid groups (broad SMARTS) is 1. The van der Waals surface area contributed by atoms with Crippen molar-refractivity contribution in [1.29, 1.82) is 0 Å². The van der Waals surface area contributed by atoms with Gasteiger partial charge < -0.3 is 14.4 Å². The molecule has 0 atom stereocenters. The van der Waals surface area contributed by atoms with Crippen molar-refractivity contribution >= 4 is 17.6 Å². The Morgan fingerprint density at radius 1 is 1.37 bits per heavy atom. The number of fused-ring (bicyclic) bond motifs is 1. The number of carbonyl (C=O) groups is 2. The first kappa shape index (κ1) is 11.5. The molecule has 0 saturated heterocycles. The number of anilines is 1. The lowest BCUT2D eigenvalue weighted by Gasteiger charge is -2.16. The van der Waals surface area contributed by atoms with Crippen LogP contribution in [0, 0.1) is 0 Å². The van der Waals surface area contributed by atoms with Crippen LogP contribution in [0.1, 0.15) is 21.5 Å². The molecule has 0 unspecified atom stereocenters. The summed E-state index contributed by atoms with van der Waals surface area (Å²) in [7, 11) is 0. The van der Waals surface area contributed by atoms with Gasteiger partial charge in [-0.3, -0.25) is 4.79 Å². The van der Waals surface area contributed by atoms with Gasteiger partial charge in [0.05, 0.1) is 31.1 Å². The minimum absolute atomic E-state index is 0.0289. The smallest absolute Gasteiger partial charge is 0.335 e. The van der Waals surface area contributed by atoms with E-state index < -0.39 is 5.97 Å². The van der Waals surface area contributed by atoms with Crippen LogP contribution in [0.3, 0.4) is 0 Å². The van der Waals surface area contributed by atoms with Crippen molar-refractivity contribution in [2.24, 2.45) is 0 Å². The SMILES string of the molecule is O=C(O)c1ccc2c(c1)CC(=O)N2Cc1ccoc1. The maximum Gasteiger partial charge on any atom is 0.335 e. The van der Waals surface area contributed by atoms with E-state index in [4.69, 9.17) is 9.52 Å². The summed E-state index contributed by atoms with van der Waals surface area (Å²) in [4.78, 5) is 24.5. The van der Waals surface area contributed by atoms with Gasteiger partial charge in [-0.2, -0.15) is 0 Å². The highest BCUT2D eigenvalue weighted by molar-refractivity contribution is 6.02. The number of amides is 1. The molecule has 2 heterocycles. The van der Waals surface area contributed by atoms with Gasteiger partial charge >= 0.3 is 5.97 Å². The molecule has 1 aromatic heterocycles. The minimum atomic E-state index is -0.983. The number of carbonyl (C=O) groups excluding carboxylic acids is 1. The molecule has 1 aromatic carbocycles. The summed E-state index contributed by atoms with van der Waals surface area (Å²) in [6.45, 7) is 0.439. The van der Waals surface area contributed by atoms with Crippen LogP contribution in [-0.2, 0) is 17.8 Å². The Balaban J connectivity index is 1.94. The van der Waals surface area contributed by atoms with E-state index in [0.717, 1.165) is 16.8 Å². The number of aromatic carboxylic acids is 1. The van der Waals surface area contributed by atoms with Crippen LogP contribution in [0.2, 0.25) is 0 Å². The van der Waals surface area contributed by atoms with Crippen molar-refractivity contribution in [3.05, 3.63) is 53.5 Å². The van der Waals surface area contributed by atoms with Crippen molar-refractivity contribution in [3.63, 3.8) is 0 Å². The lowest BCUT2D eigenvalue weighted by molar-refractivity contribution is -0.117. The molecule has 1 aliphatic rings. The summed E-state index contributed by atoms with van der Waals surface area (Å²) < 4.78 is 4.98.